The third kappa shape index (κ3) is 6.09. The van der Waals surface area contributed by atoms with E-state index >= 15 is 0 Å². The van der Waals surface area contributed by atoms with Crippen molar-refractivity contribution in [2.24, 2.45) is 0 Å². The number of piperidine rings is 1. The molecule has 0 radical (unpaired) electrons. The summed E-state index contributed by atoms with van der Waals surface area (Å²) in [4.78, 5) is 41.4. The van der Waals surface area contributed by atoms with Gasteiger partial charge in [-0.15, -0.1) is 0 Å². The Hall–Kier alpha value is -4.04. The predicted molar refractivity (Wildman–Crippen MR) is 163 cm³/mol. The van der Waals surface area contributed by atoms with Gasteiger partial charge in [0.05, 0.1) is 10.7 Å². The molecule has 8 nitrogen and oxygen atoms in total. The van der Waals surface area contributed by atoms with E-state index in [1.54, 1.807) is 37.8 Å². The number of alkyl carbamates (subject to hydrolysis) is 1. The topological polar surface area (TPSA) is 97.0 Å². The molecule has 3 amide bonds. The van der Waals surface area contributed by atoms with E-state index in [-0.39, 0.29) is 38.5 Å². The lowest BCUT2D eigenvalue weighted by Crippen LogP contribution is -2.62. The number of nitrogens with zero attached hydrogens (tertiary/aromatic N) is 1. The van der Waals surface area contributed by atoms with Crippen molar-refractivity contribution >= 4 is 35.4 Å². The third-order valence-electron chi connectivity index (χ3n) is 7.83. The Kier molecular flexibility index (Phi) is 8.19. The first kappa shape index (κ1) is 29.5. The number of carbonyl (C=O) groups excluding carboxylic acids is 3. The summed E-state index contributed by atoms with van der Waals surface area (Å²) in [6, 6.07) is 21.6. The standard InChI is InChI=1S/C33H36ClN3O5/c1-21-10-9-15-27(28(21)34)35-29(38)33(16-18-37(19-17-33)31(40)42-32(2,3)4)36-30(39)41-20-26-24-13-7-5-11-22(24)23-12-6-8-14-25(23)26/h5-15,26H,16-20H2,1-4H3,(H,35,38)(H,36,39). The number of likely N-dealkylation sites (tertiary alicyclic amines) is 1. The highest BCUT2D eigenvalue weighted by atomic mass is 35.5. The monoisotopic (exact) mass is 589 g/mol. The van der Waals surface area contributed by atoms with Crippen molar-refractivity contribution in [3.63, 3.8) is 0 Å². The van der Waals surface area contributed by atoms with Crippen LogP contribution in [0, 0.1) is 6.92 Å². The molecule has 0 saturated carbocycles. The van der Waals surface area contributed by atoms with Gasteiger partial charge in [0.15, 0.2) is 0 Å². The molecule has 1 saturated heterocycles. The van der Waals surface area contributed by atoms with Gasteiger partial charge in [-0.3, -0.25) is 4.79 Å². The van der Waals surface area contributed by atoms with Gasteiger partial charge in [0.25, 0.3) is 0 Å². The van der Waals surface area contributed by atoms with Crippen LogP contribution in [-0.2, 0) is 14.3 Å². The molecule has 1 aliphatic carbocycles. The van der Waals surface area contributed by atoms with E-state index < -0.39 is 29.2 Å². The van der Waals surface area contributed by atoms with E-state index in [1.807, 2.05) is 49.4 Å². The Bertz CT molecular complexity index is 1460. The molecular formula is C33H36ClN3O5. The first-order valence-electron chi connectivity index (χ1n) is 14.1. The summed E-state index contributed by atoms with van der Waals surface area (Å²) in [7, 11) is 0. The molecule has 42 heavy (non-hydrogen) atoms. The molecule has 0 unspecified atom stereocenters. The summed E-state index contributed by atoms with van der Waals surface area (Å²) in [6.07, 6.45) is -0.815. The Balaban J connectivity index is 1.33. The number of nitrogens with one attached hydrogen (secondary N) is 2. The minimum Gasteiger partial charge on any atom is -0.449 e. The molecule has 1 heterocycles. The average molecular weight is 590 g/mol. The highest BCUT2D eigenvalue weighted by Crippen LogP contribution is 2.44. The number of anilines is 1. The van der Waals surface area contributed by atoms with E-state index in [4.69, 9.17) is 21.1 Å². The largest absolute Gasteiger partial charge is 0.449 e. The van der Waals surface area contributed by atoms with Crippen molar-refractivity contribution in [3.8, 4) is 11.1 Å². The minimum absolute atomic E-state index is 0.116. The molecule has 3 aromatic rings. The fourth-order valence-electron chi connectivity index (χ4n) is 5.62. The van der Waals surface area contributed by atoms with Crippen molar-refractivity contribution in [3.05, 3.63) is 88.4 Å². The van der Waals surface area contributed by atoms with Crippen LogP contribution in [-0.4, -0.2) is 53.8 Å². The van der Waals surface area contributed by atoms with Gasteiger partial charge in [-0.05, 0) is 74.4 Å². The third-order valence-corrected chi connectivity index (χ3v) is 8.33. The molecule has 0 bridgehead atoms. The molecule has 5 rings (SSSR count). The lowest BCUT2D eigenvalue weighted by molar-refractivity contribution is -0.124. The summed E-state index contributed by atoms with van der Waals surface area (Å²) >= 11 is 6.46. The molecule has 9 heteroatoms. The average Bonchev–Trinajstić information content (AvgIpc) is 3.27. The van der Waals surface area contributed by atoms with Crippen LogP contribution in [0.5, 0.6) is 0 Å². The number of halogens is 1. The smallest absolute Gasteiger partial charge is 0.410 e. The maximum atomic E-state index is 13.8. The molecule has 1 aliphatic heterocycles. The fraction of sp³-hybridized carbons (Fsp3) is 0.364. The first-order valence-corrected chi connectivity index (χ1v) is 14.5. The van der Waals surface area contributed by atoms with Crippen LogP contribution in [0.3, 0.4) is 0 Å². The van der Waals surface area contributed by atoms with Crippen LogP contribution in [0.25, 0.3) is 11.1 Å². The van der Waals surface area contributed by atoms with Crippen LogP contribution in [0.4, 0.5) is 15.3 Å². The van der Waals surface area contributed by atoms with Crippen LogP contribution in [0.1, 0.15) is 56.2 Å². The SMILES string of the molecule is Cc1cccc(NC(=O)C2(NC(=O)OCC3c4ccccc4-c4ccccc43)CCN(C(=O)OC(C)(C)C)CC2)c1Cl. The zero-order chi connectivity index (χ0) is 30.1. The first-order chi connectivity index (χ1) is 20.0. The maximum absolute atomic E-state index is 13.8. The molecule has 2 aliphatic rings. The maximum Gasteiger partial charge on any atom is 0.410 e. The van der Waals surface area contributed by atoms with Gasteiger partial charge in [0, 0.05) is 19.0 Å². The van der Waals surface area contributed by atoms with Crippen LogP contribution >= 0.6 is 11.6 Å². The Morgan fingerprint density at radius 1 is 0.929 bits per heavy atom. The number of aryl methyl sites for hydroxylation is 1. The number of hydrogen-bond donors (Lipinski definition) is 2. The predicted octanol–water partition coefficient (Wildman–Crippen LogP) is 6.90. The van der Waals surface area contributed by atoms with Gasteiger partial charge in [-0.2, -0.15) is 0 Å². The highest BCUT2D eigenvalue weighted by Gasteiger charge is 2.45. The Morgan fingerprint density at radius 3 is 2.12 bits per heavy atom. The molecule has 220 valence electrons. The van der Waals surface area contributed by atoms with E-state index in [9.17, 15) is 14.4 Å². The van der Waals surface area contributed by atoms with Crippen LogP contribution in [0.15, 0.2) is 66.7 Å². The van der Waals surface area contributed by atoms with Gasteiger partial charge < -0.3 is 25.0 Å². The van der Waals surface area contributed by atoms with Gasteiger partial charge in [-0.1, -0.05) is 72.3 Å². The minimum atomic E-state index is -1.33. The number of amides is 3. The van der Waals surface area contributed by atoms with Crippen LogP contribution < -0.4 is 10.6 Å². The molecular weight excluding hydrogens is 554 g/mol. The fourth-order valence-corrected chi connectivity index (χ4v) is 5.80. The zero-order valence-electron chi connectivity index (χ0n) is 24.3. The summed E-state index contributed by atoms with van der Waals surface area (Å²) in [5.74, 6) is -0.541. The number of benzene rings is 3. The summed E-state index contributed by atoms with van der Waals surface area (Å²) in [6.45, 7) is 7.80. The Labute approximate surface area is 251 Å². The molecule has 0 aromatic heterocycles. The molecule has 0 spiro atoms. The molecule has 0 atom stereocenters. The second-order valence-corrected chi connectivity index (χ2v) is 12.3. The van der Waals surface area contributed by atoms with Gasteiger partial charge in [-0.25, -0.2) is 9.59 Å². The number of ether oxygens (including phenoxy) is 2. The van der Waals surface area contributed by atoms with Crippen LogP contribution in [0.2, 0.25) is 5.02 Å². The second-order valence-electron chi connectivity index (χ2n) is 11.9. The lowest BCUT2D eigenvalue weighted by atomic mass is 9.86. The summed E-state index contributed by atoms with van der Waals surface area (Å²) < 4.78 is 11.3. The van der Waals surface area contributed by atoms with Crippen molar-refractivity contribution in [2.45, 2.75) is 57.6 Å². The Morgan fingerprint density at radius 2 is 1.52 bits per heavy atom. The van der Waals surface area contributed by atoms with Gasteiger partial charge in [0.1, 0.15) is 17.7 Å². The number of rotatable bonds is 5. The lowest BCUT2D eigenvalue weighted by Gasteiger charge is -2.41. The highest BCUT2D eigenvalue weighted by molar-refractivity contribution is 6.34. The van der Waals surface area contributed by atoms with E-state index in [2.05, 4.69) is 22.8 Å². The van der Waals surface area contributed by atoms with Gasteiger partial charge >= 0.3 is 12.2 Å². The van der Waals surface area contributed by atoms with Crippen molar-refractivity contribution in [2.75, 3.05) is 25.0 Å². The van der Waals surface area contributed by atoms with E-state index in [1.165, 1.54) is 0 Å². The van der Waals surface area contributed by atoms with Crippen molar-refractivity contribution in [1.82, 2.24) is 10.2 Å². The summed E-state index contributed by atoms with van der Waals surface area (Å²) in [5.41, 5.74) is 3.73. The quantitative estimate of drug-likeness (QED) is 0.337. The summed E-state index contributed by atoms with van der Waals surface area (Å²) in [5, 5.41) is 6.19. The molecule has 3 aromatic carbocycles. The normalized spacial score (nSPS) is 15.8. The second kappa shape index (κ2) is 11.7. The van der Waals surface area contributed by atoms with E-state index in [0.717, 1.165) is 27.8 Å². The molecule has 2 N–H and O–H groups in total. The van der Waals surface area contributed by atoms with Gasteiger partial charge in [0.2, 0.25) is 5.91 Å². The molecule has 1 fully saturated rings. The number of hydrogen-bond acceptors (Lipinski definition) is 5. The zero-order valence-corrected chi connectivity index (χ0v) is 25.1. The van der Waals surface area contributed by atoms with Crippen molar-refractivity contribution in [1.29, 1.82) is 0 Å². The number of carbonyl (C=O) groups is 3. The van der Waals surface area contributed by atoms with Crippen molar-refractivity contribution < 1.29 is 23.9 Å². The number of fused-ring (bicyclic) bond motifs is 3. The van der Waals surface area contributed by atoms with E-state index in [0.29, 0.717) is 10.7 Å².